The Kier molecular flexibility index (Phi) is 12.1. The minimum absolute atomic E-state index is 0.0516. The van der Waals surface area contributed by atoms with Gasteiger partial charge in [0.15, 0.2) is 6.29 Å². The summed E-state index contributed by atoms with van der Waals surface area (Å²) in [5.74, 6) is -0.567. The van der Waals surface area contributed by atoms with Crippen molar-refractivity contribution in [2.75, 3.05) is 13.2 Å². The quantitative estimate of drug-likeness (QED) is 0.134. The van der Waals surface area contributed by atoms with Crippen LogP contribution in [-0.2, 0) is 25.5 Å². The average Bonchev–Trinajstić information content (AvgIpc) is 3.26. The Morgan fingerprint density at radius 2 is 1.55 bits per heavy atom. The van der Waals surface area contributed by atoms with Crippen molar-refractivity contribution in [3.8, 4) is 22.4 Å². The van der Waals surface area contributed by atoms with Crippen molar-refractivity contribution in [2.24, 2.45) is 0 Å². The van der Waals surface area contributed by atoms with E-state index in [1.165, 1.54) is 12.1 Å². The summed E-state index contributed by atoms with van der Waals surface area (Å²) >= 11 is 0. The Bertz CT molecular complexity index is 1290. The molecule has 2 aromatic carbocycles. The van der Waals surface area contributed by atoms with Crippen LogP contribution >= 0.6 is 0 Å². The van der Waals surface area contributed by atoms with E-state index in [-0.39, 0.29) is 36.3 Å². The SMILES string of the molecule is CCOC(CCn1c(-c2ccc(F)cc2)c(-c2ccccc2)c(C=O)c1C(C)C)CC(CC(=O)OC(C)(C)C)OCC. The summed E-state index contributed by atoms with van der Waals surface area (Å²) < 4.78 is 33.8. The molecule has 0 aliphatic carbocycles. The van der Waals surface area contributed by atoms with E-state index in [0.29, 0.717) is 38.2 Å². The van der Waals surface area contributed by atoms with E-state index in [0.717, 1.165) is 34.4 Å². The highest BCUT2D eigenvalue weighted by molar-refractivity contribution is 5.97. The lowest BCUT2D eigenvalue weighted by Crippen LogP contribution is -2.30. The summed E-state index contributed by atoms with van der Waals surface area (Å²) in [4.78, 5) is 25.3. The van der Waals surface area contributed by atoms with Gasteiger partial charge in [0.2, 0.25) is 0 Å². The van der Waals surface area contributed by atoms with Gasteiger partial charge in [-0.05, 0) is 82.3 Å². The van der Waals surface area contributed by atoms with Crippen molar-refractivity contribution in [1.82, 2.24) is 4.57 Å². The van der Waals surface area contributed by atoms with Gasteiger partial charge in [0, 0.05) is 43.0 Å². The normalized spacial score (nSPS) is 13.3. The van der Waals surface area contributed by atoms with Crippen molar-refractivity contribution in [1.29, 1.82) is 0 Å². The first kappa shape index (κ1) is 33.2. The van der Waals surface area contributed by atoms with Crippen LogP contribution in [0.1, 0.15) is 89.7 Å². The number of hydrogen-bond acceptors (Lipinski definition) is 5. The van der Waals surface area contributed by atoms with Gasteiger partial charge in [-0.15, -0.1) is 0 Å². The average molecular weight is 580 g/mol. The molecule has 1 heterocycles. The first-order chi connectivity index (χ1) is 20.0. The van der Waals surface area contributed by atoms with Crippen LogP contribution in [0.25, 0.3) is 22.4 Å². The lowest BCUT2D eigenvalue weighted by Gasteiger charge is -2.26. The molecule has 0 radical (unpaired) electrons. The number of carbonyl (C=O) groups is 2. The van der Waals surface area contributed by atoms with Crippen LogP contribution in [-0.4, -0.2) is 47.8 Å². The molecule has 0 saturated heterocycles. The molecule has 0 bridgehead atoms. The highest BCUT2D eigenvalue weighted by Crippen LogP contribution is 2.41. The molecule has 0 saturated carbocycles. The van der Waals surface area contributed by atoms with Gasteiger partial charge in [0.1, 0.15) is 11.4 Å². The summed E-state index contributed by atoms with van der Waals surface area (Å²) in [6, 6.07) is 16.3. The maximum atomic E-state index is 14.0. The molecule has 0 aliphatic rings. The van der Waals surface area contributed by atoms with Gasteiger partial charge in [-0.25, -0.2) is 4.39 Å². The lowest BCUT2D eigenvalue weighted by atomic mass is 9.96. The summed E-state index contributed by atoms with van der Waals surface area (Å²) in [6.45, 7) is 15.1. The van der Waals surface area contributed by atoms with Gasteiger partial charge in [0.05, 0.1) is 24.3 Å². The summed E-state index contributed by atoms with van der Waals surface area (Å²) in [7, 11) is 0. The van der Waals surface area contributed by atoms with Gasteiger partial charge in [-0.3, -0.25) is 9.59 Å². The second-order valence-corrected chi connectivity index (χ2v) is 11.8. The minimum atomic E-state index is -0.571. The standard InChI is InChI=1S/C35H46FNO5/c1-8-40-28(21-29(41-9-2)22-31(39)42-35(5,6)7)19-20-37-33(24(3)4)30(23-38)32(25-13-11-10-12-14-25)34(37)26-15-17-27(36)18-16-26/h10-18,23-24,28-29H,8-9,19-22H2,1-7H3. The number of benzene rings is 2. The first-order valence-corrected chi connectivity index (χ1v) is 15.0. The van der Waals surface area contributed by atoms with E-state index >= 15 is 0 Å². The Labute approximate surface area is 250 Å². The van der Waals surface area contributed by atoms with Crippen molar-refractivity contribution >= 4 is 12.3 Å². The number of esters is 1. The number of hydrogen-bond donors (Lipinski definition) is 0. The lowest BCUT2D eigenvalue weighted by molar-refractivity contribution is -0.158. The second-order valence-electron chi connectivity index (χ2n) is 11.8. The molecule has 0 N–H and O–H groups in total. The van der Waals surface area contributed by atoms with E-state index in [9.17, 15) is 14.0 Å². The number of ether oxygens (including phenoxy) is 3. The molecule has 1 aromatic heterocycles. The van der Waals surface area contributed by atoms with Crippen molar-refractivity contribution in [3.63, 3.8) is 0 Å². The molecule has 7 heteroatoms. The fraction of sp³-hybridized carbons (Fsp3) is 0.486. The third-order valence-electron chi connectivity index (χ3n) is 7.01. The first-order valence-electron chi connectivity index (χ1n) is 15.0. The van der Waals surface area contributed by atoms with Crippen LogP contribution in [0.3, 0.4) is 0 Å². The van der Waals surface area contributed by atoms with Gasteiger partial charge >= 0.3 is 5.97 Å². The zero-order chi connectivity index (χ0) is 30.9. The van der Waals surface area contributed by atoms with E-state index in [4.69, 9.17) is 14.2 Å². The predicted molar refractivity (Wildman–Crippen MR) is 165 cm³/mol. The fourth-order valence-corrected chi connectivity index (χ4v) is 5.52. The molecule has 3 aromatic rings. The van der Waals surface area contributed by atoms with E-state index < -0.39 is 5.60 Å². The highest BCUT2D eigenvalue weighted by Gasteiger charge is 2.28. The summed E-state index contributed by atoms with van der Waals surface area (Å²) in [5.41, 5.74) is 4.46. The maximum Gasteiger partial charge on any atom is 0.308 e. The summed E-state index contributed by atoms with van der Waals surface area (Å²) in [6.07, 6.45) is 1.68. The molecule has 2 atom stereocenters. The molecular weight excluding hydrogens is 533 g/mol. The second kappa shape index (κ2) is 15.3. The Morgan fingerprint density at radius 1 is 0.929 bits per heavy atom. The van der Waals surface area contributed by atoms with E-state index in [2.05, 4.69) is 18.4 Å². The van der Waals surface area contributed by atoms with Gasteiger partial charge < -0.3 is 18.8 Å². The molecule has 42 heavy (non-hydrogen) atoms. The van der Waals surface area contributed by atoms with Gasteiger partial charge in [-0.1, -0.05) is 44.2 Å². The number of carbonyl (C=O) groups excluding carboxylic acids is 2. The van der Waals surface area contributed by atoms with E-state index in [1.54, 1.807) is 12.1 Å². The van der Waals surface area contributed by atoms with Gasteiger partial charge in [-0.2, -0.15) is 0 Å². The largest absolute Gasteiger partial charge is 0.460 e. The number of halogens is 1. The third kappa shape index (κ3) is 8.85. The number of aldehydes is 1. The zero-order valence-electron chi connectivity index (χ0n) is 26.1. The van der Waals surface area contributed by atoms with Crippen LogP contribution in [0, 0.1) is 5.82 Å². The molecular formula is C35H46FNO5. The van der Waals surface area contributed by atoms with Crippen LogP contribution < -0.4 is 0 Å². The van der Waals surface area contributed by atoms with Crippen LogP contribution in [0.4, 0.5) is 4.39 Å². The number of aromatic nitrogens is 1. The molecule has 0 fully saturated rings. The highest BCUT2D eigenvalue weighted by atomic mass is 19.1. The van der Waals surface area contributed by atoms with Crippen molar-refractivity contribution < 1.29 is 28.2 Å². The Balaban J connectivity index is 2.03. The topological polar surface area (TPSA) is 66.8 Å². The molecule has 2 unspecified atom stereocenters. The van der Waals surface area contributed by atoms with Gasteiger partial charge in [0.25, 0.3) is 0 Å². The Hall–Kier alpha value is -3.29. The van der Waals surface area contributed by atoms with Crippen LogP contribution in [0.5, 0.6) is 0 Å². The minimum Gasteiger partial charge on any atom is -0.460 e. The monoisotopic (exact) mass is 579 g/mol. The predicted octanol–water partition coefficient (Wildman–Crippen LogP) is 8.22. The Morgan fingerprint density at radius 3 is 2.10 bits per heavy atom. The number of rotatable bonds is 15. The molecule has 0 spiro atoms. The molecule has 6 nitrogen and oxygen atoms in total. The smallest absolute Gasteiger partial charge is 0.308 e. The van der Waals surface area contributed by atoms with Crippen molar-refractivity contribution in [2.45, 2.75) is 98.0 Å². The van der Waals surface area contributed by atoms with E-state index in [1.807, 2.05) is 65.0 Å². The third-order valence-corrected chi connectivity index (χ3v) is 7.01. The molecule has 0 amide bonds. The zero-order valence-corrected chi connectivity index (χ0v) is 26.1. The van der Waals surface area contributed by atoms with Crippen LogP contribution in [0.15, 0.2) is 54.6 Å². The molecule has 228 valence electrons. The number of nitrogens with zero attached hydrogens (tertiary/aromatic N) is 1. The van der Waals surface area contributed by atoms with Crippen molar-refractivity contribution in [3.05, 3.63) is 71.7 Å². The molecule has 3 rings (SSSR count). The summed E-state index contributed by atoms with van der Waals surface area (Å²) in [5, 5.41) is 0. The fourth-order valence-electron chi connectivity index (χ4n) is 5.52. The maximum absolute atomic E-state index is 14.0. The van der Waals surface area contributed by atoms with Crippen LogP contribution in [0.2, 0.25) is 0 Å². The molecule has 0 aliphatic heterocycles.